The number of ether oxygens (including phenoxy) is 1. The Bertz CT molecular complexity index is 986. The van der Waals surface area contributed by atoms with Gasteiger partial charge in [-0.05, 0) is 86.4 Å². The van der Waals surface area contributed by atoms with E-state index in [9.17, 15) is 4.79 Å². The van der Waals surface area contributed by atoms with Gasteiger partial charge in [-0.2, -0.15) is 0 Å². The number of carbonyl (C=O) groups excluding carboxylic acids is 1. The molecule has 2 aromatic rings. The smallest absolute Gasteiger partial charge is 0.324 e. The highest BCUT2D eigenvalue weighted by Gasteiger charge is 2.41. The highest BCUT2D eigenvalue weighted by Crippen LogP contribution is 2.41. The average Bonchev–Trinajstić information content (AvgIpc) is 3.53. The molecule has 35 heavy (non-hydrogen) atoms. The van der Waals surface area contributed by atoms with Crippen molar-refractivity contribution >= 4 is 35.7 Å². The van der Waals surface area contributed by atoms with E-state index in [-0.39, 0.29) is 29.9 Å². The van der Waals surface area contributed by atoms with Gasteiger partial charge in [0, 0.05) is 41.8 Å². The van der Waals surface area contributed by atoms with Crippen molar-refractivity contribution in [1.29, 1.82) is 0 Å². The van der Waals surface area contributed by atoms with Crippen molar-refractivity contribution in [2.24, 2.45) is 11.7 Å². The summed E-state index contributed by atoms with van der Waals surface area (Å²) in [6.07, 6.45) is 9.11. The molecule has 0 atom stereocenters. The average molecular weight is 519 g/mol. The lowest BCUT2D eigenvalue weighted by Gasteiger charge is -2.42. The third kappa shape index (κ3) is 5.58. The summed E-state index contributed by atoms with van der Waals surface area (Å²) in [7, 11) is 0. The van der Waals surface area contributed by atoms with Gasteiger partial charge in [0.2, 0.25) is 0 Å². The van der Waals surface area contributed by atoms with Gasteiger partial charge in [0.05, 0.1) is 6.61 Å². The number of urea groups is 1. The third-order valence-corrected chi connectivity index (χ3v) is 8.57. The van der Waals surface area contributed by atoms with Crippen LogP contribution in [0.5, 0.6) is 5.75 Å². The van der Waals surface area contributed by atoms with Crippen LogP contribution in [0.4, 0.5) is 10.5 Å². The van der Waals surface area contributed by atoms with Crippen LogP contribution in [0.25, 0.3) is 0 Å². The summed E-state index contributed by atoms with van der Waals surface area (Å²) >= 11 is 6.26. The molecule has 5 nitrogen and oxygen atoms in total. The molecule has 2 aliphatic carbocycles. The molecule has 0 bridgehead atoms. The van der Waals surface area contributed by atoms with Gasteiger partial charge in [-0.1, -0.05) is 36.6 Å². The first kappa shape index (κ1) is 26.1. The van der Waals surface area contributed by atoms with Crippen molar-refractivity contribution < 1.29 is 9.53 Å². The zero-order chi connectivity index (χ0) is 23.5. The van der Waals surface area contributed by atoms with Crippen LogP contribution in [-0.2, 0) is 5.41 Å². The first-order valence-corrected chi connectivity index (χ1v) is 13.2. The summed E-state index contributed by atoms with van der Waals surface area (Å²) in [4.78, 5) is 17.3. The highest BCUT2D eigenvalue weighted by molar-refractivity contribution is 6.30. The second-order valence-corrected chi connectivity index (χ2v) is 10.7. The third-order valence-electron chi connectivity index (χ3n) is 8.33. The quantitative estimate of drug-likeness (QED) is 0.461. The molecule has 1 aliphatic heterocycles. The van der Waals surface area contributed by atoms with E-state index in [2.05, 4.69) is 17.0 Å². The molecular formula is C28H37Cl2N3O2. The molecule has 2 N–H and O–H groups in total. The van der Waals surface area contributed by atoms with Crippen LogP contribution in [0.3, 0.4) is 0 Å². The summed E-state index contributed by atoms with van der Waals surface area (Å²) in [5.74, 6) is 1.59. The minimum atomic E-state index is -0.0435. The monoisotopic (exact) mass is 517 g/mol. The number of hydrogen-bond donors (Lipinski definition) is 1. The zero-order valence-electron chi connectivity index (χ0n) is 20.3. The molecule has 0 spiro atoms. The maximum Gasteiger partial charge on any atom is 0.324 e. The number of nitrogens with two attached hydrogens (primary N) is 1. The van der Waals surface area contributed by atoms with Crippen LogP contribution < -0.4 is 15.4 Å². The SMILES string of the molecule is Cl.NC[C@]1(c2cccc(Cl)c2)CC[C@H](N2CCN(c3ccc(OCC4CCCC4)cc3)C2=O)CC1. The predicted octanol–water partition coefficient (Wildman–Crippen LogP) is 6.41. The minimum absolute atomic E-state index is 0. The van der Waals surface area contributed by atoms with Crippen molar-refractivity contribution in [2.75, 3.05) is 31.1 Å². The molecule has 2 saturated carbocycles. The normalized spacial score (nSPS) is 25.1. The maximum absolute atomic E-state index is 13.3. The summed E-state index contributed by atoms with van der Waals surface area (Å²) in [6.45, 7) is 2.91. The number of halogens is 2. The lowest BCUT2D eigenvalue weighted by atomic mass is 9.68. The van der Waals surface area contributed by atoms with E-state index < -0.39 is 0 Å². The van der Waals surface area contributed by atoms with Crippen LogP contribution in [-0.4, -0.2) is 43.2 Å². The molecule has 3 aliphatic rings. The number of nitrogens with zero attached hydrogens (tertiary/aromatic N) is 2. The molecule has 0 unspecified atom stereocenters. The Labute approximate surface area is 220 Å². The minimum Gasteiger partial charge on any atom is -0.493 e. The van der Waals surface area contributed by atoms with Gasteiger partial charge >= 0.3 is 6.03 Å². The number of benzene rings is 2. The predicted molar refractivity (Wildman–Crippen MR) is 145 cm³/mol. The van der Waals surface area contributed by atoms with Crippen LogP contribution in [0.15, 0.2) is 48.5 Å². The molecule has 5 rings (SSSR count). The fourth-order valence-electron chi connectivity index (χ4n) is 6.14. The number of hydrogen-bond acceptors (Lipinski definition) is 3. The molecule has 0 aromatic heterocycles. The molecule has 3 fully saturated rings. The van der Waals surface area contributed by atoms with Gasteiger partial charge < -0.3 is 15.4 Å². The Morgan fingerprint density at radius 3 is 2.37 bits per heavy atom. The van der Waals surface area contributed by atoms with E-state index in [1.807, 2.05) is 41.3 Å². The number of carbonyl (C=O) groups is 1. The van der Waals surface area contributed by atoms with Gasteiger partial charge in [-0.3, -0.25) is 4.90 Å². The van der Waals surface area contributed by atoms with Crippen molar-refractivity contribution in [3.63, 3.8) is 0 Å². The second kappa shape index (κ2) is 11.4. The van der Waals surface area contributed by atoms with Gasteiger partial charge in [0.25, 0.3) is 0 Å². The standard InChI is InChI=1S/C28H36ClN3O2.ClH/c29-23-7-3-6-22(18-23)28(20-30)14-12-25(13-15-28)32-17-16-31(27(32)33)24-8-10-26(11-9-24)34-19-21-4-1-2-5-21;/h3,6-11,18,21,25H,1-2,4-5,12-17,19-20,30H2;1H/t25-,28-;. The van der Waals surface area contributed by atoms with E-state index >= 15 is 0 Å². The lowest BCUT2D eigenvalue weighted by Crippen LogP contribution is -2.46. The van der Waals surface area contributed by atoms with E-state index in [4.69, 9.17) is 22.1 Å². The van der Waals surface area contributed by atoms with Crippen molar-refractivity contribution in [3.05, 3.63) is 59.1 Å². The van der Waals surface area contributed by atoms with Gasteiger partial charge in [-0.15, -0.1) is 12.4 Å². The lowest BCUT2D eigenvalue weighted by molar-refractivity contribution is 0.156. The Morgan fingerprint density at radius 1 is 1.00 bits per heavy atom. The fourth-order valence-corrected chi connectivity index (χ4v) is 6.33. The van der Waals surface area contributed by atoms with E-state index in [1.54, 1.807) is 0 Å². The molecule has 1 saturated heterocycles. The largest absolute Gasteiger partial charge is 0.493 e. The molecular weight excluding hydrogens is 481 g/mol. The Morgan fingerprint density at radius 2 is 1.71 bits per heavy atom. The number of anilines is 1. The molecule has 2 aromatic carbocycles. The number of rotatable bonds is 7. The van der Waals surface area contributed by atoms with Crippen LogP contribution in [0, 0.1) is 5.92 Å². The Balaban J connectivity index is 0.00000289. The van der Waals surface area contributed by atoms with Crippen molar-refractivity contribution in [3.8, 4) is 5.75 Å². The topological polar surface area (TPSA) is 58.8 Å². The van der Waals surface area contributed by atoms with Crippen molar-refractivity contribution in [2.45, 2.75) is 62.8 Å². The summed E-state index contributed by atoms with van der Waals surface area (Å²) < 4.78 is 5.99. The fraction of sp³-hybridized carbons (Fsp3) is 0.536. The van der Waals surface area contributed by atoms with Gasteiger partial charge in [-0.25, -0.2) is 4.79 Å². The van der Waals surface area contributed by atoms with Crippen LogP contribution in [0.2, 0.25) is 5.02 Å². The van der Waals surface area contributed by atoms with Crippen LogP contribution in [0.1, 0.15) is 56.9 Å². The maximum atomic E-state index is 13.3. The van der Waals surface area contributed by atoms with Crippen molar-refractivity contribution in [1.82, 2.24) is 4.90 Å². The molecule has 1 heterocycles. The number of amides is 2. The molecule has 0 radical (unpaired) electrons. The van der Waals surface area contributed by atoms with E-state index in [0.717, 1.165) is 61.8 Å². The van der Waals surface area contributed by atoms with Gasteiger partial charge in [0.1, 0.15) is 5.75 Å². The second-order valence-electron chi connectivity index (χ2n) is 10.3. The Hall–Kier alpha value is -1.95. The first-order valence-electron chi connectivity index (χ1n) is 12.9. The summed E-state index contributed by atoms with van der Waals surface area (Å²) in [5, 5.41) is 0.757. The zero-order valence-corrected chi connectivity index (χ0v) is 21.9. The Kier molecular flexibility index (Phi) is 8.51. The molecule has 7 heteroatoms. The highest BCUT2D eigenvalue weighted by atomic mass is 35.5. The van der Waals surface area contributed by atoms with E-state index in [1.165, 1.54) is 31.2 Å². The molecule has 190 valence electrons. The molecule has 2 amide bonds. The first-order chi connectivity index (χ1) is 16.6. The van der Waals surface area contributed by atoms with Crippen LogP contribution >= 0.6 is 24.0 Å². The summed E-state index contributed by atoms with van der Waals surface area (Å²) in [6, 6.07) is 16.5. The van der Waals surface area contributed by atoms with Gasteiger partial charge in [0.15, 0.2) is 0 Å². The van der Waals surface area contributed by atoms with E-state index in [0.29, 0.717) is 12.5 Å². The summed E-state index contributed by atoms with van der Waals surface area (Å²) in [5.41, 5.74) is 8.41.